The predicted octanol–water partition coefficient (Wildman–Crippen LogP) is 9.14. The van der Waals surface area contributed by atoms with Gasteiger partial charge in [-0.05, 0) is 0 Å². The van der Waals surface area contributed by atoms with Crippen LogP contribution in [0.5, 0.6) is 0 Å². The van der Waals surface area contributed by atoms with Gasteiger partial charge in [-0.1, -0.05) is 0 Å². The lowest BCUT2D eigenvalue weighted by atomic mass is 9.78. The quantitative estimate of drug-likeness (QED) is 0.0336. The molecule has 0 unspecified atom stereocenters. The van der Waals surface area contributed by atoms with Crippen LogP contribution in [0.4, 0.5) is 176 Å². The normalized spacial score (nSPS) is 16.7. The van der Waals surface area contributed by atoms with Gasteiger partial charge in [0.2, 0.25) is 0 Å². The van der Waals surface area contributed by atoms with Gasteiger partial charge in [0, 0.05) is 0 Å². The molecule has 488 valence electrons. The molecule has 0 saturated carbocycles. The maximum atomic E-state index is 16.4. The van der Waals surface area contributed by atoms with Crippen LogP contribution in [0.3, 0.4) is 0 Å². The Kier molecular flexibility index (Phi) is 21.0. The molecular formula is C28H18F40O13. The molecule has 0 aromatic carbocycles. The Morgan fingerprint density at radius 1 is 0.148 bits per heavy atom. The van der Waals surface area contributed by atoms with Gasteiger partial charge in [0.1, 0.15) is 39.6 Å². The first-order chi connectivity index (χ1) is 34.8. The lowest BCUT2D eigenvalue weighted by molar-refractivity contribution is -0.647. The first-order valence-electron chi connectivity index (χ1n) is 17.9. The topological polar surface area (TPSA) is 186 Å². The van der Waals surface area contributed by atoms with Crippen molar-refractivity contribution >= 4 is 0 Å². The Hall–Kier alpha value is -3.32. The summed E-state index contributed by atoms with van der Waals surface area (Å²) < 4.78 is 601. The van der Waals surface area contributed by atoms with E-state index in [4.69, 9.17) is 30.6 Å². The molecule has 53 heteroatoms. The number of ether oxygens (including phenoxy) is 7. The van der Waals surface area contributed by atoms with Crippen LogP contribution in [0.2, 0.25) is 0 Å². The van der Waals surface area contributed by atoms with Crippen molar-refractivity contribution in [1.29, 1.82) is 0 Å². The summed E-state index contributed by atoms with van der Waals surface area (Å²) in [6.45, 7) is -25.9. The summed E-state index contributed by atoms with van der Waals surface area (Å²) in [7, 11) is 0. The van der Waals surface area contributed by atoms with E-state index in [-0.39, 0.29) is 0 Å². The average molecular weight is 1320 g/mol. The van der Waals surface area contributed by atoms with Crippen LogP contribution in [0.25, 0.3) is 0 Å². The van der Waals surface area contributed by atoms with E-state index in [2.05, 4.69) is 0 Å². The highest BCUT2D eigenvalue weighted by Gasteiger charge is 3.02. The lowest BCUT2D eigenvalue weighted by Gasteiger charge is -2.54. The second kappa shape index (κ2) is 21.9. The Bertz CT molecular complexity index is 1770. The fraction of sp³-hybridized carbons (Fsp3) is 1.00. The summed E-state index contributed by atoms with van der Waals surface area (Å²) in [5, 5.41) is 49.7. The van der Waals surface area contributed by atoms with Crippen molar-refractivity contribution in [3.8, 4) is 0 Å². The molecular weight excluding hydrogens is 1300 g/mol. The number of aliphatic hydroxyl groups is 6. The van der Waals surface area contributed by atoms with Gasteiger partial charge in [-0.25, -0.2) is 28.4 Å². The number of aliphatic hydroxyl groups excluding tert-OH is 6. The third-order valence-electron chi connectivity index (χ3n) is 9.03. The smallest absolute Gasteiger partial charge is 0.390 e. The second-order valence-corrected chi connectivity index (χ2v) is 14.6. The van der Waals surface area contributed by atoms with Crippen LogP contribution in [0.15, 0.2) is 0 Å². The van der Waals surface area contributed by atoms with E-state index < -0.39 is 172 Å². The Morgan fingerprint density at radius 3 is 0.296 bits per heavy atom. The first kappa shape index (κ1) is 77.7. The van der Waals surface area contributed by atoms with Gasteiger partial charge in [-0.2, -0.15) is 176 Å². The van der Waals surface area contributed by atoms with Gasteiger partial charge in [-0.15, -0.1) is 0 Å². The average Bonchev–Trinajstić information content (AvgIpc) is 3.19. The zero-order valence-electron chi connectivity index (χ0n) is 35.9. The van der Waals surface area contributed by atoms with Crippen molar-refractivity contribution in [3.63, 3.8) is 0 Å². The number of hydrogen-bond donors (Lipinski definition) is 6. The van der Waals surface area contributed by atoms with Crippen LogP contribution in [0, 0.1) is 10.8 Å². The van der Waals surface area contributed by atoms with Crippen LogP contribution in [0.1, 0.15) is 0 Å². The van der Waals surface area contributed by atoms with Gasteiger partial charge in [0.05, 0.1) is 0 Å². The zero-order valence-corrected chi connectivity index (χ0v) is 35.9. The minimum absolute atomic E-state index is 0.516. The van der Waals surface area contributed by atoms with E-state index in [1.54, 1.807) is 0 Å². The maximum absolute atomic E-state index is 16.4. The molecule has 0 fully saturated rings. The Labute approximate surface area is 412 Å². The van der Waals surface area contributed by atoms with E-state index in [0.29, 0.717) is 4.74 Å². The SMILES string of the molecule is OCC(F)(F)C(F)(F)OC(F)(F)C(C(F)(F)OC(F)(F)C(F)(F)CO)(C(F)(F)OC(F)(F)C(F)(F)CO)C(F)(F)OC(F)(F)C(C(F)(F)OC(F)(F)C(F)(F)CO)(C(F)(F)OC(F)(F)C(F)(F)CO)C(F)(F)OC(F)(F)C(F)(F)CO. The highest BCUT2D eigenvalue weighted by molar-refractivity contribution is 5.13. The molecule has 0 aliphatic rings. The molecule has 0 heterocycles. The monoisotopic (exact) mass is 1320 g/mol. The van der Waals surface area contributed by atoms with Crippen molar-refractivity contribution < 1.29 is 239 Å². The van der Waals surface area contributed by atoms with E-state index in [1.807, 2.05) is 0 Å². The first-order valence-corrected chi connectivity index (χ1v) is 17.9. The third kappa shape index (κ3) is 12.8. The lowest BCUT2D eigenvalue weighted by Crippen LogP contribution is -2.81. The van der Waals surface area contributed by atoms with Gasteiger partial charge >= 0.3 is 132 Å². The van der Waals surface area contributed by atoms with Gasteiger partial charge < -0.3 is 30.6 Å². The van der Waals surface area contributed by atoms with Gasteiger partial charge in [0.15, 0.2) is 0 Å². The van der Waals surface area contributed by atoms with Gasteiger partial charge in [0.25, 0.3) is 0 Å². The molecule has 0 atom stereocenters. The predicted molar refractivity (Wildman–Crippen MR) is 154 cm³/mol. The minimum atomic E-state index is -11.3. The molecule has 0 aliphatic heterocycles. The van der Waals surface area contributed by atoms with Crippen LogP contribution >= 0.6 is 0 Å². The molecule has 0 saturated heterocycles. The largest absolute Gasteiger partial charge is 0.426 e. The summed E-state index contributed by atoms with van der Waals surface area (Å²) in [6, 6.07) is 0. The highest BCUT2D eigenvalue weighted by atomic mass is 19.4. The van der Waals surface area contributed by atoms with Crippen LogP contribution in [-0.4, -0.2) is 191 Å². The summed E-state index contributed by atoms with van der Waals surface area (Å²) in [5.74, 6) is -46.4. The van der Waals surface area contributed by atoms with E-state index in [9.17, 15) is 105 Å². The summed E-state index contributed by atoms with van der Waals surface area (Å²) in [4.78, 5) is 0. The maximum Gasteiger partial charge on any atom is 0.426 e. The van der Waals surface area contributed by atoms with Crippen molar-refractivity contribution in [2.75, 3.05) is 39.6 Å². The Balaban J connectivity index is 11.0. The Morgan fingerprint density at radius 2 is 0.222 bits per heavy atom. The third-order valence-corrected chi connectivity index (χ3v) is 9.03. The van der Waals surface area contributed by atoms with E-state index in [1.165, 1.54) is 0 Å². The van der Waals surface area contributed by atoms with Crippen LogP contribution < -0.4 is 0 Å². The molecule has 81 heavy (non-hydrogen) atoms. The number of alkyl halides is 40. The minimum Gasteiger partial charge on any atom is -0.390 e. The molecule has 0 spiro atoms. The fourth-order valence-corrected chi connectivity index (χ4v) is 4.77. The molecule has 0 rings (SSSR count). The standard InChI is InChI=1S/C28H18F40O13/c29-7(30,1-69)15(41,42)75-21(53,54)13(22(55,56)76-16(43,44)8(31,32)2-70,23(57,58)77-17(45,46)9(33,34)3-71)27(65,66)81-28(67,68)14(24(59,60)78-18(47,48)10(35,36)4-72,25(61,62)79-19(49,50)11(37,38)5-73)26(63,64)80-20(51,52)12(39,40)6-74/h69-74H,1-6H2. The number of hydrogen-bond acceptors (Lipinski definition) is 13. The number of rotatable bonds is 34. The summed E-state index contributed by atoms with van der Waals surface area (Å²) in [6.07, 6.45) is -139. The number of halogens is 40. The summed E-state index contributed by atoms with van der Waals surface area (Å²) >= 11 is 0. The molecule has 6 N–H and O–H groups in total. The van der Waals surface area contributed by atoms with Gasteiger partial charge in [-0.3, -0.25) is 4.74 Å². The van der Waals surface area contributed by atoms with E-state index >= 15 is 70.2 Å². The molecule has 0 bridgehead atoms. The molecule has 13 nitrogen and oxygen atoms in total. The second-order valence-electron chi connectivity index (χ2n) is 14.6. The van der Waals surface area contributed by atoms with Crippen LogP contribution in [-0.2, 0) is 33.2 Å². The zero-order chi connectivity index (χ0) is 66.2. The fourth-order valence-electron chi connectivity index (χ4n) is 4.77. The molecule has 0 amide bonds. The van der Waals surface area contributed by atoms with Crippen molar-refractivity contribution in [2.24, 2.45) is 10.8 Å². The van der Waals surface area contributed by atoms with Crippen molar-refractivity contribution in [1.82, 2.24) is 0 Å². The molecule has 0 aromatic heterocycles. The van der Waals surface area contributed by atoms with Crippen molar-refractivity contribution in [3.05, 3.63) is 0 Å². The molecule has 0 aliphatic carbocycles. The van der Waals surface area contributed by atoms with E-state index in [0.717, 1.165) is 28.4 Å². The van der Waals surface area contributed by atoms with Crippen molar-refractivity contribution in [2.45, 2.75) is 121 Å². The summed E-state index contributed by atoms with van der Waals surface area (Å²) in [5.41, 5.74) is -22.7. The molecule has 0 radical (unpaired) electrons. The highest BCUT2D eigenvalue weighted by Crippen LogP contribution is 2.74. The molecule has 0 aromatic rings.